The number of carboxylic acid groups (broad SMARTS) is 1. The molecule has 0 saturated heterocycles. The Morgan fingerprint density at radius 1 is 1.60 bits per heavy atom. The number of rotatable bonds is 2. The molecule has 0 amide bonds. The molecule has 10 heavy (non-hydrogen) atoms. The van der Waals surface area contributed by atoms with Crippen molar-refractivity contribution in [3.63, 3.8) is 0 Å². The van der Waals surface area contributed by atoms with E-state index in [2.05, 4.69) is 0 Å². The zero-order valence-electron chi connectivity index (χ0n) is 6.42. The van der Waals surface area contributed by atoms with Crippen molar-refractivity contribution in [2.45, 2.75) is 20.0 Å². The molecule has 0 unspecified atom stereocenters. The predicted molar refractivity (Wildman–Crippen MR) is 35.7 cm³/mol. The minimum atomic E-state index is -0.753. The Balaban J connectivity index is 2.61. The van der Waals surface area contributed by atoms with Gasteiger partial charge in [-0.1, -0.05) is 13.8 Å². The van der Waals surface area contributed by atoms with Crippen molar-refractivity contribution in [1.82, 2.24) is 0 Å². The molecular formula is C7H12O3. The van der Waals surface area contributed by atoms with Gasteiger partial charge in [-0.2, -0.15) is 0 Å². The Morgan fingerprint density at radius 3 is 2.20 bits per heavy atom. The molecule has 1 saturated carbocycles. The van der Waals surface area contributed by atoms with Gasteiger partial charge in [0, 0.05) is 12.5 Å². The van der Waals surface area contributed by atoms with Gasteiger partial charge in [-0.3, -0.25) is 4.79 Å². The maximum absolute atomic E-state index is 10.5. The quantitative estimate of drug-likeness (QED) is 0.621. The zero-order chi connectivity index (χ0) is 7.94. The summed E-state index contributed by atoms with van der Waals surface area (Å²) >= 11 is 0. The standard InChI is InChI=1S/C7H12O3/c1-7(2)4(6(8)9)5(7)10-3/h4-5H,1-3H3,(H,8,9)/t4-,5+/m1/s1. The fraction of sp³-hybridized carbons (Fsp3) is 0.857. The van der Waals surface area contributed by atoms with Crippen LogP contribution in [0.15, 0.2) is 0 Å². The van der Waals surface area contributed by atoms with Crippen LogP contribution in [0.5, 0.6) is 0 Å². The summed E-state index contributed by atoms with van der Waals surface area (Å²) in [6.07, 6.45) is -0.0926. The summed E-state index contributed by atoms with van der Waals surface area (Å²) < 4.78 is 4.97. The van der Waals surface area contributed by atoms with Crippen molar-refractivity contribution in [1.29, 1.82) is 0 Å². The first-order chi connectivity index (χ1) is 4.51. The molecule has 1 fully saturated rings. The Hall–Kier alpha value is -0.570. The van der Waals surface area contributed by atoms with E-state index in [-0.39, 0.29) is 17.4 Å². The van der Waals surface area contributed by atoms with Crippen molar-refractivity contribution in [2.75, 3.05) is 7.11 Å². The van der Waals surface area contributed by atoms with Crippen molar-refractivity contribution < 1.29 is 14.6 Å². The highest BCUT2D eigenvalue weighted by atomic mass is 16.5. The molecule has 3 nitrogen and oxygen atoms in total. The van der Waals surface area contributed by atoms with E-state index in [9.17, 15) is 4.79 Å². The Morgan fingerprint density at radius 2 is 2.10 bits per heavy atom. The molecule has 0 heterocycles. The minimum Gasteiger partial charge on any atom is -0.481 e. The van der Waals surface area contributed by atoms with E-state index in [1.807, 2.05) is 13.8 Å². The third-order valence-corrected chi connectivity index (χ3v) is 2.25. The fourth-order valence-corrected chi connectivity index (χ4v) is 1.48. The van der Waals surface area contributed by atoms with E-state index in [4.69, 9.17) is 9.84 Å². The van der Waals surface area contributed by atoms with E-state index >= 15 is 0 Å². The Kier molecular flexibility index (Phi) is 1.47. The summed E-state index contributed by atoms with van der Waals surface area (Å²) in [7, 11) is 1.55. The molecule has 1 rings (SSSR count). The van der Waals surface area contributed by atoms with Crippen LogP contribution in [0.3, 0.4) is 0 Å². The lowest BCUT2D eigenvalue weighted by molar-refractivity contribution is -0.139. The number of hydrogen-bond donors (Lipinski definition) is 1. The van der Waals surface area contributed by atoms with E-state index < -0.39 is 5.97 Å². The summed E-state index contributed by atoms with van der Waals surface area (Å²) in [5.41, 5.74) is -0.166. The lowest BCUT2D eigenvalue weighted by Gasteiger charge is -1.96. The van der Waals surface area contributed by atoms with Crippen LogP contribution in [-0.2, 0) is 9.53 Å². The van der Waals surface area contributed by atoms with Gasteiger partial charge in [0.25, 0.3) is 0 Å². The average molecular weight is 144 g/mol. The van der Waals surface area contributed by atoms with Crippen LogP contribution in [0, 0.1) is 11.3 Å². The van der Waals surface area contributed by atoms with Crippen molar-refractivity contribution in [2.24, 2.45) is 11.3 Å². The van der Waals surface area contributed by atoms with E-state index in [1.54, 1.807) is 7.11 Å². The van der Waals surface area contributed by atoms with Gasteiger partial charge in [-0.05, 0) is 0 Å². The second kappa shape index (κ2) is 1.95. The largest absolute Gasteiger partial charge is 0.481 e. The number of hydrogen-bond acceptors (Lipinski definition) is 2. The molecule has 1 aliphatic carbocycles. The first kappa shape index (κ1) is 7.54. The summed E-state index contributed by atoms with van der Waals surface area (Å²) in [4.78, 5) is 10.5. The lowest BCUT2D eigenvalue weighted by atomic mass is 10.1. The van der Waals surface area contributed by atoms with Crippen LogP contribution in [0.25, 0.3) is 0 Å². The van der Waals surface area contributed by atoms with Gasteiger partial charge < -0.3 is 9.84 Å². The van der Waals surface area contributed by atoms with Gasteiger partial charge in [0.2, 0.25) is 0 Å². The highest BCUT2D eigenvalue weighted by molar-refractivity contribution is 5.76. The second-order valence-corrected chi connectivity index (χ2v) is 3.29. The third-order valence-electron chi connectivity index (χ3n) is 2.25. The molecule has 3 heteroatoms. The maximum atomic E-state index is 10.5. The number of aliphatic carboxylic acids is 1. The van der Waals surface area contributed by atoms with Gasteiger partial charge in [-0.25, -0.2) is 0 Å². The molecule has 0 aromatic heterocycles. The summed E-state index contributed by atoms with van der Waals surface area (Å²) in [5.74, 6) is -1.06. The molecular weight excluding hydrogens is 132 g/mol. The molecule has 58 valence electrons. The van der Waals surface area contributed by atoms with Crippen molar-refractivity contribution >= 4 is 5.97 Å². The molecule has 0 aliphatic heterocycles. The van der Waals surface area contributed by atoms with Gasteiger partial charge >= 0.3 is 5.97 Å². The molecule has 2 atom stereocenters. The molecule has 1 aliphatic rings. The maximum Gasteiger partial charge on any atom is 0.309 e. The summed E-state index contributed by atoms with van der Waals surface area (Å²) in [6.45, 7) is 3.81. The first-order valence-corrected chi connectivity index (χ1v) is 3.27. The van der Waals surface area contributed by atoms with Crippen molar-refractivity contribution in [3.05, 3.63) is 0 Å². The molecule has 0 radical (unpaired) electrons. The monoisotopic (exact) mass is 144 g/mol. The van der Waals surface area contributed by atoms with Gasteiger partial charge in [0.1, 0.15) is 0 Å². The second-order valence-electron chi connectivity index (χ2n) is 3.29. The third kappa shape index (κ3) is 0.814. The number of methoxy groups -OCH3 is 1. The van der Waals surface area contributed by atoms with Gasteiger partial charge in [-0.15, -0.1) is 0 Å². The lowest BCUT2D eigenvalue weighted by Crippen LogP contribution is -2.03. The van der Waals surface area contributed by atoms with E-state index in [0.29, 0.717) is 0 Å². The minimum absolute atomic E-state index is 0.0926. The fourth-order valence-electron chi connectivity index (χ4n) is 1.48. The molecule has 0 bridgehead atoms. The topological polar surface area (TPSA) is 46.5 Å². The smallest absolute Gasteiger partial charge is 0.309 e. The highest BCUT2D eigenvalue weighted by Gasteiger charge is 2.63. The molecule has 0 aromatic carbocycles. The Labute approximate surface area is 60.0 Å². The van der Waals surface area contributed by atoms with Crippen molar-refractivity contribution in [3.8, 4) is 0 Å². The number of carbonyl (C=O) groups is 1. The molecule has 0 aromatic rings. The van der Waals surface area contributed by atoms with E-state index in [1.165, 1.54) is 0 Å². The SMILES string of the molecule is CO[C@H]1[C@H](C(=O)O)C1(C)C. The predicted octanol–water partition coefficient (Wildman–Crippen LogP) is 0.742. The van der Waals surface area contributed by atoms with E-state index in [0.717, 1.165) is 0 Å². The van der Waals surface area contributed by atoms with Crippen LogP contribution in [0.2, 0.25) is 0 Å². The average Bonchev–Trinajstić information content (AvgIpc) is 2.33. The normalized spacial score (nSPS) is 35.5. The molecule has 0 spiro atoms. The highest BCUT2D eigenvalue weighted by Crippen LogP contribution is 2.53. The van der Waals surface area contributed by atoms with Gasteiger partial charge in [0.15, 0.2) is 0 Å². The van der Waals surface area contributed by atoms with Crippen LogP contribution < -0.4 is 0 Å². The first-order valence-electron chi connectivity index (χ1n) is 3.27. The van der Waals surface area contributed by atoms with Crippen LogP contribution >= 0.6 is 0 Å². The number of ether oxygens (including phenoxy) is 1. The van der Waals surface area contributed by atoms with Crippen LogP contribution in [0.1, 0.15) is 13.8 Å². The summed E-state index contributed by atoms with van der Waals surface area (Å²) in [6, 6.07) is 0. The summed E-state index contributed by atoms with van der Waals surface area (Å²) in [5, 5.41) is 8.61. The Bertz CT molecular complexity index is 162. The zero-order valence-corrected chi connectivity index (χ0v) is 6.42. The van der Waals surface area contributed by atoms with Crippen LogP contribution in [0.4, 0.5) is 0 Å². The van der Waals surface area contributed by atoms with Gasteiger partial charge in [0.05, 0.1) is 12.0 Å². The number of carboxylic acids is 1. The van der Waals surface area contributed by atoms with Crippen LogP contribution in [-0.4, -0.2) is 24.3 Å². The molecule has 1 N–H and O–H groups in total.